The molecule has 302 valence electrons. The van der Waals surface area contributed by atoms with Gasteiger partial charge in [-0.2, -0.15) is 0 Å². The van der Waals surface area contributed by atoms with Gasteiger partial charge in [0.1, 0.15) is 24.2 Å². The molecule has 0 bridgehead atoms. The first-order valence-corrected chi connectivity index (χ1v) is 16.4. The van der Waals surface area contributed by atoms with Crippen LogP contribution < -0.4 is 40.1 Å². The van der Waals surface area contributed by atoms with Crippen molar-refractivity contribution in [1.29, 1.82) is 0 Å². The van der Waals surface area contributed by atoms with Crippen molar-refractivity contribution in [1.82, 2.24) is 15.0 Å². The summed E-state index contributed by atoms with van der Waals surface area (Å²) in [4.78, 5) is 64.0. The quantitative estimate of drug-likeness (QED) is 0.0375. The molecule has 0 saturated carbocycles. The number of aromatic amines is 2. The summed E-state index contributed by atoms with van der Waals surface area (Å²) in [5.74, 6) is -4.89. The fourth-order valence-corrected chi connectivity index (χ4v) is 3.94. The van der Waals surface area contributed by atoms with E-state index in [0.717, 1.165) is 27.7 Å². The van der Waals surface area contributed by atoms with Crippen molar-refractivity contribution in [3.05, 3.63) is 90.1 Å². The topological polar surface area (TPSA) is 425 Å². The van der Waals surface area contributed by atoms with E-state index in [9.17, 15) is 24.0 Å². The number of rotatable bonds is 15. The number of imidazole rings is 1. The van der Waals surface area contributed by atoms with Gasteiger partial charge in [0.05, 0.1) is 12.9 Å². The van der Waals surface area contributed by atoms with Gasteiger partial charge in [0.2, 0.25) is 0 Å². The first-order valence-electron chi connectivity index (χ1n) is 16.4. The van der Waals surface area contributed by atoms with Crippen LogP contribution in [0.4, 0.5) is 0 Å². The van der Waals surface area contributed by atoms with Gasteiger partial charge in [-0.1, -0.05) is 48.5 Å². The Morgan fingerprint density at radius 3 is 1.69 bits per heavy atom. The number of aliphatic imine (C=N–C) groups is 1. The summed E-state index contributed by atoms with van der Waals surface area (Å²) < 4.78 is 0. The summed E-state index contributed by atoms with van der Waals surface area (Å²) in [6.45, 7) is 0.142. The van der Waals surface area contributed by atoms with Crippen molar-refractivity contribution < 1.29 is 49.5 Å². The maximum atomic E-state index is 10.6. The number of para-hydroxylation sites is 1. The summed E-state index contributed by atoms with van der Waals surface area (Å²) >= 11 is 0. The molecule has 0 fully saturated rings. The number of carboxylic acids is 5. The molecule has 0 aliphatic rings. The van der Waals surface area contributed by atoms with Crippen molar-refractivity contribution >= 4 is 46.7 Å². The highest BCUT2D eigenvalue weighted by Gasteiger charge is 2.15. The number of aliphatic carboxylic acids is 5. The molecule has 0 radical (unpaired) electrons. The van der Waals surface area contributed by atoms with Crippen LogP contribution in [0.3, 0.4) is 0 Å². The molecule has 0 amide bonds. The second kappa shape index (κ2) is 27.2. The molecular weight excluding hydrogens is 722 g/mol. The molecule has 4 aromatic rings. The van der Waals surface area contributed by atoms with Crippen molar-refractivity contribution in [2.75, 3.05) is 13.1 Å². The number of nitrogens with two attached hydrogens (primary N) is 7. The molecule has 0 spiro atoms. The van der Waals surface area contributed by atoms with Crippen molar-refractivity contribution in [3.63, 3.8) is 0 Å². The Hall–Kier alpha value is -6.39. The van der Waals surface area contributed by atoms with Crippen LogP contribution in [0.15, 0.2) is 78.3 Å². The lowest BCUT2D eigenvalue weighted by molar-refractivity contribution is -0.139. The number of benzene rings is 2. The van der Waals surface area contributed by atoms with E-state index < -0.39 is 54.0 Å². The average Bonchev–Trinajstić information content (AvgIpc) is 3.81. The smallest absolute Gasteiger partial charge is 0.320 e. The zero-order chi connectivity index (χ0) is 41.9. The van der Waals surface area contributed by atoms with Gasteiger partial charge >= 0.3 is 29.8 Å². The summed E-state index contributed by atoms with van der Waals surface area (Å²) in [6, 6.07) is 13.8. The van der Waals surface area contributed by atoms with E-state index in [1.165, 1.54) is 6.33 Å². The highest BCUT2D eigenvalue weighted by Crippen LogP contribution is 2.18. The molecule has 21 heteroatoms. The molecule has 55 heavy (non-hydrogen) atoms. The lowest BCUT2D eigenvalue weighted by Crippen LogP contribution is -2.32. The molecule has 21 nitrogen and oxygen atoms in total. The molecule has 2 aromatic carbocycles. The third-order valence-electron chi connectivity index (χ3n) is 6.82. The number of guanidine groups is 1. The molecule has 4 rings (SSSR count). The molecule has 0 saturated heterocycles. The van der Waals surface area contributed by atoms with Crippen LogP contribution >= 0.6 is 0 Å². The van der Waals surface area contributed by atoms with E-state index >= 15 is 0 Å². The van der Waals surface area contributed by atoms with Gasteiger partial charge in [-0.25, -0.2) is 4.98 Å². The van der Waals surface area contributed by atoms with Gasteiger partial charge in [-0.05, 0) is 36.5 Å². The normalized spacial score (nSPS) is 12.1. The van der Waals surface area contributed by atoms with Gasteiger partial charge < -0.3 is 75.6 Å². The molecule has 4 atom stereocenters. The minimum Gasteiger partial charge on any atom is -0.480 e. The number of nitrogens with one attached hydrogen (secondary N) is 2. The fraction of sp³-hybridized carbons (Fsp3) is 0.324. The Bertz CT molecular complexity index is 1750. The Kier molecular flexibility index (Phi) is 24.1. The minimum atomic E-state index is -1.00. The van der Waals surface area contributed by atoms with Crippen LogP contribution in [0.5, 0.6) is 0 Å². The number of hydrogen-bond acceptors (Lipinski definition) is 12. The number of nitrogens with zero attached hydrogens (tertiary/aromatic N) is 2. The number of H-pyrrole nitrogens is 2. The standard InChI is InChI=1S/C11H12N2O2.C9H11NO2.C6H14N4O2.C6H9N3O2.C2H5NO2/c12-9(11(14)15)5-7-6-13-10-4-2-1-3-8(7)10;10-8(9(11)12)6-7-4-2-1-3-5-7;7-4(5(11)12)2-1-3-10-6(8)9;7-5(6(10)11)1-4-2-8-3-9-4;3-1-2(4)5/h1-4,6,9,13H,5,12H2,(H,14,15);1-5,8H,6,10H2,(H,11,12);4H,1-3,7H2,(H,11,12)(H4,8,9,10);2-3,5H,1,7H2,(H,8,9)(H,10,11);1,3H2,(H,4,5). The van der Waals surface area contributed by atoms with Gasteiger partial charge in [0.15, 0.2) is 5.96 Å². The van der Waals surface area contributed by atoms with E-state index in [4.69, 9.17) is 59.9 Å². The second-order valence-corrected chi connectivity index (χ2v) is 11.4. The first kappa shape index (κ1) is 48.6. The Labute approximate surface area is 315 Å². The largest absolute Gasteiger partial charge is 0.480 e. The maximum Gasteiger partial charge on any atom is 0.320 e. The molecular formula is C34H51N11O10. The zero-order valence-electron chi connectivity index (χ0n) is 29.9. The monoisotopic (exact) mass is 773 g/mol. The van der Waals surface area contributed by atoms with Crippen LogP contribution in [0.25, 0.3) is 10.9 Å². The highest BCUT2D eigenvalue weighted by atomic mass is 16.4. The highest BCUT2D eigenvalue weighted by molar-refractivity contribution is 5.84. The zero-order valence-corrected chi connectivity index (χ0v) is 29.9. The number of carboxylic acid groups (broad SMARTS) is 5. The SMILES string of the molecule is NC(Cc1c[nH]c2ccccc12)C(=O)O.NC(Cc1ccccc1)C(=O)O.NC(Cc1cnc[nH]1)C(=O)O.NC(N)=NCCCC(N)C(=O)O.NCC(=O)O. The summed E-state index contributed by atoms with van der Waals surface area (Å²) in [7, 11) is 0. The summed E-state index contributed by atoms with van der Waals surface area (Å²) in [5.41, 5.74) is 39.6. The number of carbonyl (C=O) groups is 5. The maximum absolute atomic E-state index is 10.6. The average molecular weight is 774 g/mol. The molecule has 2 aromatic heterocycles. The van der Waals surface area contributed by atoms with Crippen LogP contribution in [0, 0.1) is 0 Å². The molecule has 21 N–H and O–H groups in total. The van der Waals surface area contributed by atoms with Gasteiger partial charge in [0, 0.05) is 48.4 Å². The van der Waals surface area contributed by atoms with Gasteiger partial charge in [-0.15, -0.1) is 0 Å². The van der Waals surface area contributed by atoms with Crippen LogP contribution in [-0.2, 0) is 43.2 Å². The van der Waals surface area contributed by atoms with Crippen molar-refractivity contribution in [2.45, 2.75) is 56.3 Å². The van der Waals surface area contributed by atoms with Crippen LogP contribution in [0.2, 0.25) is 0 Å². The fourth-order valence-electron chi connectivity index (χ4n) is 3.94. The van der Waals surface area contributed by atoms with Gasteiger partial charge in [0.25, 0.3) is 0 Å². The van der Waals surface area contributed by atoms with E-state index in [1.54, 1.807) is 6.20 Å². The van der Waals surface area contributed by atoms with E-state index in [-0.39, 0.29) is 18.9 Å². The number of hydrogen-bond donors (Lipinski definition) is 14. The predicted octanol–water partition coefficient (Wildman–Crippen LogP) is -1.39. The molecule has 0 aliphatic heterocycles. The molecule has 0 aliphatic carbocycles. The third kappa shape index (κ3) is 23.0. The van der Waals surface area contributed by atoms with Crippen molar-refractivity contribution in [3.8, 4) is 0 Å². The Balaban J connectivity index is 0.000000683. The van der Waals surface area contributed by atoms with E-state index in [2.05, 4.69) is 25.7 Å². The van der Waals surface area contributed by atoms with E-state index in [1.807, 2.05) is 60.8 Å². The van der Waals surface area contributed by atoms with Crippen LogP contribution in [0.1, 0.15) is 29.7 Å². The van der Waals surface area contributed by atoms with Crippen LogP contribution in [-0.4, -0.2) is 114 Å². The van der Waals surface area contributed by atoms with E-state index in [0.29, 0.717) is 32.2 Å². The lowest BCUT2D eigenvalue weighted by Gasteiger charge is -2.04. The molecule has 2 heterocycles. The second-order valence-electron chi connectivity index (χ2n) is 11.4. The van der Waals surface area contributed by atoms with Gasteiger partial charge in [-0.3, -0.25) is 29.0 Å². The third-order valence-corrected chi connectivity index (χ3v) is 6.82. The first-order chi connectivity index (χ1) is 25.9. The number of fused-ring (bicyclic) bond motifs is 1. The summed E-state index contributed by atoms with van der Waals surface area (Å²) in [6.07, 6.45) is 6.84. The molecule has 4 unspecified atom stereocenters. The number of aromatic nitrogens is 3. The Morgan fingerprint density at radius 2 is 1.20 bits per heavy atom. The summed E-state index contributed by atoms with van der Waals surface area (Å²) in [5, 5.41) is 42.7. The van der Waals surface area contributed by atoms with Crippen molar-refractivity contribution in [2.24, 2.45) is 45.1 Å². The Morgan fingerprint density at radius 1 is 0.691 bits per heavy atom. The predicted molar refractivity (Wildman–Crippen MR) is 203 cm³/mol. The minimum absolute atomic E-state index is 0.0129. The lowest BCUT2D eigenvalue weighted by atomic mass is 10.1.